The summed E-state index contributed by atoms with van der Waals surface area (Å²) in [5.41, 5.74) is 0.589. The number of methoxy groups -OCH3 is 1. The normalized spacial score (nSPS) is 17.2. The first kappa shape index (κ1) is 20.5. The minimum absolute atomic E-state index is 0.00467. The highest BCUT2D eigenvalue weighted by molar-refractivity contribution is 7.92. The van der Waals surface area contributed by atoms with Crippen LogP contribution in [0.1, 0.15) is 36.5 Å². The Morgan fingerprint density at radius 2 is 2.00 bits per heavy atom. The predicted molar refractivity (Wildman–Crippen MR) is 110 cm³/mol. The number of amides is 1. The maximum Gasteiger partial charge on any atom is 0.262 e. The number of hydrogen-bond donors (Lipinski definition) is 1. The lowest BCUT2D eigenvalue weighted by Crippen LogP contribution is -2.42. The summed E-state index contributed by atoms with van der Waals surface area (Å²) in [4.78, 5) is 14.7. The predicted octanol–water partition coefficient (Wildman–Crippen LogP) is 4.16. The molecule has 1 fully saturated rings. The summed E-state index contributed by atoms with van der Waals surface area (Å²) in [5, 5.41) is 0.376. The van der Waals surface area contributed by atoms with E-state index in [1.54, 1.807) is 24.3 Å². The minimum atomic E-state index is -3.92. The molecule has 6 nitrogen and oxygen atoms in total. The van der Waals surface area contributed by atoms with Gasteiger partial charge in [-0.05, 0) is 62.6 Å². The van der Waals surface area contributed by atoms with Crippen LogP contribution in [-0.4, -0.2) is 38.9 Å². The summed E-state index contributed by atoms with van der Waals surface area (Å²) in [6.45, 7) is 2.71. The van der Waals surface area contributed by atoms with Crippen molar-refractivity contribution in [2.45, 2.75) is 37.1 Å². The highest BCUT2D eigenvalue weighted by Crippen LogP contribution is 2.30. The van der Waals surface area contributed by atoms with Gasteiger partial charge in [0.05, 0.1) is 17.7 Å². The maximum absolute atomic E-state index is 12.9. The van der Waals surface area contributed by atoms with E-state index >= 15 is 0 Å². The monoisotopic (exact) mass is 422 g/mol. The van der Waals surface area contributed by atoms with E-state index < -0.39 is 10.0 Å². The number of nitrogens with one attached hydrogen (secondary N) is 1. The van der Waals surface area contributed by atoms with Crippen LogP contribution in [-0.2, 0) is 10.0 Å². The molecule has 2 aromatic carbocycles. The number of sulfonamides is 1. The summed E-state index contributed by atoms with van der Waals surface area (Å²) in [6, 6.07) is 10.9. The van der Waals surface area contributed by atoms with Crippen LogP contribution in [0, 0.1) is 0 Å². The standard InChI is InChI=1S/C20H23ClN2O4S/c1-14-6-3-4-11-23(14)20(24)15-7-5-8-17(12-15)28(25,26)22-18-13-16(21)9-10-19(18)27-2/h5,7-10,12-14,22H,3-4,6,11H2,1-2H3. The van der Waals surface area contributed by atoms with Crippen LogP contribution in [0.5, 0.6) is 5.75 Å². The number of carbonyl (C=O) groups is 1. The number of hydrogen-bond acceptors (Lipinski definition) is 4. The fourth-order valence-electron chi connectivity index (χ4n) is 3.33. The molecule has 2 aromatic rings. The molecular formula is C20H23ClN2O4S. The first-order valence-corrected chi connectivity index (χ1v) is 11.0. The average Bonchev–Trinajstić information content (AvgIpc) is 2.68. The number of piperidine rings is 1. The summed E-state index contributed by atoms with van der Waals surface area (Å²) < 4.78 is 33.4. The number of benzene rings is 2. The highest BCUT2D eigenvalue weighted by atomic mass is 35.5. The van der Waals surface area contributed by atoms with Crippen LogP contribution in [0.15, 0.2) is 47.4 Å². The molecule has 1 aliphatic rings. The molecule has 1 aliphatic heterocycles. The fourth-order valence-corrected chi connectivity index (χ4v) is 4.60. The number of likely N-dealkylation sites (tertiary alicyclic amines) is 1. The molecule has 0 bridgehead atoms. The van der Waals surface area contributed by atoms with Crippen molar-refractivity contribution in [2.24, 2.45) is 0 Å². The summed E-state index contributed by atoms with van der Waals surface area (Å²) >= 11 is 5.97. The van der Waals surface area contributed by atoms with Crippen LogP contribution < -0.4 is 9.46 Å². The molecule has 1 amide bonds. The van der Waals surface area contributed by atoms with E-state index in [0.717, 1.165) is 19.3 Å². The van der Waals surface area contributed by atoms with Gasteiger partial charge < -0.3 is 9.64 Å². The molecule has 0 saturated carbocycles. The fraction of sp³-hybridized carbons (Fsp3) is 0.350. The number of rotatable bonds is 5. The number of carbonyl (C=O) groups excluding carboxylic acids is 1. The van der Waals surface area contributed by atoms with E-state index in [1.807, 2.05) is 11.8 Å². The average molecular weight is 423 g/mol. The van der Waals surface area contributed by atoms with Gasteiger partial charge in [0.15, 0.2) is 0 Å². The molecule has 0 aromatic heterocycles. The van der Waals surface area contributed by atoms with Gasteiger partial charge in [0.2, 0.25) is 0 Å². The Balaban J connectivity index is 1.88. The van der Waals surface area contributed by atoms with Crippen molar-refractivity contribution in [3.63, 3.8) is 0 Å². The molecule has 150 valence electrons. The van der Waals surface area contributed by atoms with E-state index in [9.17, 15) is 13.2 Å². The molecule has 0 radical (unpaired) electrons. The van der Waals surface area contributed by atoms with Crippen LogP contribution >= 0.6 is 11.6 Å². The van der Waals surface area contributed by atoms with Gasteiger partial charge in [-0.15, -0.1) is 0 Å². The minimum Gasteiger partial charge on any atom is -0.495 e. The van der Waals surface area contributed by atoms with Gasteiger partial charge in [0.1, 0.15) is 5.75 Å². The zero-order chi connectivity index (χ0) is 20.3. The van der Waals surface area contributed by atoms with Crippen LogP contribution in [0.2, 0.25) is 5.02 Å². The Bertz CT molecular complexity index is 978. The molecule has 0 spiro atoms. The van der Waals surface area contributed by atoms with Crippen molar-refractivity contribution in [3.05, 3.63) is 53.1 Å². The van der Waals surface area contributed by atoms with Crippen LogP contribution in [0.3, 0.4) is 0 Å². The van der Waals surface area contributed by atoms with Gasteiger partial charge in [-0.1, -0.05) is 17.7 Å². The molecule has 1 unspecified atom stereocenters. The molecule has 8 heteroatoms. The molecule has 0 aliphatic carbocycles. The summed E-state index contributed by atoms with van der Waals surface area (Å²) in [5.74, 6) is 0.201. The summed E-state index contributed by atoms with van der Waals surface area (Å²) in [6.07, 6.45) is 3.02. The first-order valence-electron chi connectivity index (χ1n) is 9.09. The molecule has 1 heterocycles. The summed E-state index contributed by atoms with van der Waals surface area (Å²) in [7, 11) is -2.48. The third-order valence-electron chi connectivity index (χ3n) is 4.86. The molecular weight excluding hydrogens is 400 g/mol. The van der Waals surface area contributed by atoms with Gasteiger partial charge in [-0.3, -0.25) is 9.52 Å². The van der Waals surface area contributed by atoms with Crippen molar-refractivity contribution in [1.29, 1.82) is 0 Å². The lowest BCUT2D eigenvalue weighted by Gasteiger charge is -2.33. The van der Waals surface area contributed by atoms with Gasteiger partial charge in [0.25, 0.3) is 15.9 Å². The van der Waals surface area contributed by atoms with Crippen molar-refractivity contribution >= 4 is 33.2 Å². The highest BCUT2D eigenvalue weighted by Gasteiger charge is 2.25. The quantitative estimate of drug-likeness (QED) is 0.784. The van der Waals surface area contributed by atoms with Gasteiger partial charge >= 0.3 is 0 Å². The second-order valence-electron chi connectivity index (χ2n) is 6.82. The molecule has 1 atom stereocenters. The van der Waals surface area contributed by atoms with Crippen molar-refractivity contribution in [3.8, 4) is 5.75 Å². The maximum atomic E-state index is 12.9. The van der Waals surface area contributed by atoms with Crippen molar-refractivity contribution in [2.75, 3.05) is 18.4 Å². The van der Waals surface area contributed by atoms with Crippen molar-refractivity contribution < 1.29 is 17.9 Å². The number of halogens is 1. The Morgan fingerprint density at radius 1 is 1.21 bits per heavy atom. The van der Waals surface area contributed by atoms with Crippen molar-refractivity contribution in [1.82, 2.24) is 4.90 Å². The Morgan fingerprint density at radius 3 is 2.71 bits per heavy atom. The van der Waals surface area contributed by atoms with Gasteiger partial charge in [-0.25, -0.2) is 8.42 Å². The SMILES string of the molecule is COc1ccc(Cl)cc1NS(=O)(=O)c1cccc(C(=O)N2CCCCC2C)c1. The molecule has 1 N–H and O–H groups in total. The Kier molecular flexibility index (Phi) is 6.15. The smallest absolute Gasteiger partial charge is 0.262 e. The van der Waals surface area contributed by atoms with Gasteiger partial charge in [-0.2, -0.15) is 0 Å². The second-order valence-corrected chi connectivity index (χ2v) is 8.94. The third kappa shape index (κ3) is 4.42. The van der Waals surface area contributed by atoms with E-state index in [2.05, 4.69) is 4.72 Å². The topological polar surface area (TPSA) is 75.7 Å². The van der Waals surface area contributed by atoms with E-state index in [1.165, 1.54) is 25.3 Å². The lowest BCUT2D eigenvalue weighted by atomic mass is 10.0. The largest absolute Gasteiger partial charge is 0.495 e. The van der Waals surface area contributed by atoms with E-state index in [0.29, 0.717) is 22.9 Å². The van der Waals surface area contributed by atoms with Crippen LogP contribution in [0.4, 0.5) is 5.69 Å². The van der Waals surface area contributed by atoms with Gasteiger partial charge in [0, 0.05) is 23.2 Å². The Labute approximate surface area is 170 Å². The lowest BCUT2D eigenvalue weighted by molar-refractivity contribution is 0.0635. The molecule has 1 saturated heterocycles. The van der Waals surface area contributed by atoms with E-state index in [-0.39, 0.29) is 22.5 Å². The van der Waals surface area contributed by atoms with E-state index in [4.69, 9.17) is 16.3 Å². The zero-order valence-electron chi connectivity index (χ0n) is 15.8. The third-order valence-corrected chi connectivity index (χ3v) is 6.46. The molecule has 28 heavy (non-hydrogen) atoms. The first-order chi connectivity index (χ1) is 13.3. The number of nitrogens with zero attached hydrogens (tertiary/aromatic N) is 1. The molecule has 3 rings (SSSR count). The number of ether oxygens (including phenoxy) is 1. The number of anilines is 1. The second kappa shape index (κ2) is 8.41. The van der Waals surface area contributed by atoms with Crippen LogP contribution in [0.25, 0.3) is 0 Å². The Hall–Kier alpha value is -2.25. The zero-order valence-corrected chi connectivity index (χ0v) is 17.4.